The zero-order valence-electron chi connectivity index (χ0n) is 15.6. The monoisotopic (exact) mass is 388 g/mol. The van der Waals surface area contributed by atoms with E-state index in [0.717, 1.165) is 22.0 Å². The number of H-pyrrole nitrogens is 1. The van der Waals surface area contributed by atoms with E-state index in [0.29, 0.717) is 18.1 Å². The zero-order chi connectivity index (χ0) is 20.1. The number of benzene rings is 2. The summed E-state index contributed by atoms with van der Waals surface area (Å²) in [5.74, 6) is 0.541. The van der Waals surface area contributed by atoms with Gasteiger partial charge in [0.05, 0.1) is 12.6 Å². The molecule has 2 heterocycles. The molecular formula is C22H20N4O3. The summed E-state index contributed by atoms with van der Waals surface area (Å²) in [5, 5.41) is 0.993. The first-order valence-electron chi connectivity index (χ1n) is 9.32. The molecule has 146 valence electrons. The molecule has 4 aromatic rings. The van der Waals surface area contributed by atoms with Crippen LogP contribution in [0.15, 0.2) is 71.4 Å². The van der Waals surface area contributed by atoms with Crippen LogP contribution in [0.1, 0.15) is 17.9 Å². The van der Waals surface area contributed by atoms with Gasteiger partial charge >= 0.3 is 0 Å². The fraction of sp³-hybridized carbons (Fsp3) is 0.136. The molecule has 2 aromatic carbocycles. The van der Waals surface area contributed by atoms with Crippen LogP contribution in [0.5, 0.6) is 0 Å². The molecule has 0 saturated heterocycles. The van der Waals surface area contributed by atoms with Crippen molar-refractivity contribution in [2.24, 2.45) is 0 Å². The second-order valence-corrected chi connectivity index (χ2v) is 6.62. The van der Waals surface area contributed by atoms with E-state index in [1.807, 2.05) is 54.6 Å². The lowest BCUT2D eigenvalue weighted by Crippen LogP contribution is -2.42. The van der Waals surface area contributed by atoms with E-state index < -0.39 is 0 Å². The first-order chi connectivity index (χ1) is 14.2. The van der Waals surface area contributed by atoms with Crippen molar-refractivity contribution >= 4 is 22.7 Å². The number of aryl methyl sites for hydroxylation is 1. The first-order valence-corrected chi connectivity index (χ1v) is 9.32. The average molecular weight is 388 g/mol. The summed E-state index contributed by atoms with van der Waals surface area (Å²) in [6.07, 6.45) is 4.12. The number of fused-ring (bicyclic) bond motifs is 1. The molecule has 0 saturated carbocycles. The SMILES string of the molecule is O=C(CCc1ncc(-c2ccccc2)o1)NNC(=O)Cc1c[nH]c2ccccc12. The molecule has 7 heteroatoms. The van der Waals surface area contributed by atoms with E-state index in [4.69, 9.17) is 4.42 Å². The molecule has 0 fully saturated rings. The normalized spacial score (nSPS) is 10.8. The highest BCUT2D eigenvalue weighted by Crippen LogP contribution is 2.20. The Morgan fingerprint density at radius 2 is 1.72 bits per heavy atom. The summed E-state index contributed by atoms with van der Waals surface area (Å²) < 4.78 is 5.67. The third kappa shape index (κ3) is 4.52. The predicted octanol–water partition coefficient (Wildman–Crippen LogP) is 3.15. The number of hydrogen-bond donors (Lipinski definition) is 3. The van der Waals surface area contributed by atoms with Crippen LogP contribution in [-0.2, 0) is 22.4 Å². The van der Waals surface area contributed by atoms with Crippen molar-refractivity contribution < 1.29 is 14.0 Å². The van der Waals surface area contributed by atoms with Crippen LogP contribution in [0.2, 0.25) is 0 Å². The lowest BCUT2D eigenvalue weighted by molar-refractivity contribution is -0.128. The molecule has 0 aliphatic carbocycles. The van der Waals surface area contributed by atoms with Gasteiger partial charge in [-0.2, -0.15) is 0 Å². The van der Waals surface area contributed by atoms with Crippen LogP contribution in [0.4, 0.5) is 0 Å². The van der Waals surface area contributed by atoms with Crippen LogP contribution in [0, 0.1) is 0 Å². The van der Waals surface area contributed by atoms with Gasteiger partial charge in [0, 0.05) is 35.5 Å². The minimum absolute atomic E-state index is 0.155. The van der Waals surface area contributed by atoms with E-state index in [2.05, 4.69) is 20.8 Å². The molecule has 0 radical (unpaired) electrons. The minimum Gasteiger partial charge on any atom is -0.441 e. The van der Waals surface area contributed by atoms with E-state index in [1.165, 1.54) is 0 Å². The van der Waals surface area contributed by atoms with Crippen molar-refractivity contribution in [3.05, 3.63) is 78.4 Å². The summed E-state index contributed by atoms with van der Waals surface area (Å²) >= 11 is 0. The van der Waals surface area contributed by atoms with Gasteiger partial charge in [-0.3, -0.25) is 20.4 Å². The Hall–Kier alpha value is -3.87. The third-order valence-electron chi connectivity index (χ3n) is 4.55. The molecule has 4 rings (SSSR count). The van der Waals surface area contributed by atoms with Crippen molar-refractivity contribution in [1.29, 1.82) is 0 Å². The number of nitrogens with one attached hydrogen (secondary N) is 3. The van der Waals surface area contributed by atoms with Crippen LogP contribution in [0.25, 0.3) is 22.2 Å². The quantitative estimate of drug-likeness (QED) is 0.442. The fourth-order valence-electron chi connectivity index (χ4n) is 3.08. The molecule has 0 aliphatic rings. The van der Waals surface area contributed by atoms with Gasteiger partial charge in [-0.15, -0.1) is 0 Å². The van der Waals surface area contributed by atoms with Gasteiger partial charge in [0.1, 0.15) is 0 Å². The van der Waals surface area contributed by atoms with Crippen LogP contribution >= 0.6 is 0 Å². The van der Waals surface area contributed by atoms with Gasteiger partial charge in [0.2, 0.25) is 11.8 Å². The van der Waals surface area contributed by atoms with Crippen molar-refractivity contribution in [3.63, 3.8) is 0 Å². The van der Waals surface area contributed by atoms with E-state index in [9.17, 15) is 9.59 Å². The molecule has 0 aliphatic heterocycles. The van der Waals surface area contributed by atoms with Crippen molar-refractivity contribution in [2.45, 2.75) is 19.3 Å². The van der Waals surface area contributed by atoms with Crippen molar-refractivity contribution in [3.8, 4) is 11.3 Å². The molecule has 2 aromatic heterocycles. The van der Waals surface area contributed by atoms with Gasteiger partial charge in [-0.25, -0.2) is 4.98 Å². The minimum atomic E-state index is -0.309. The number of para-hydroxylation sites is 1. The zero-order valence-corrected chi connectivity index (χ0v) is 15.6. The van der Waals surface area contributed by atoms with Crippen LogP contribution < -0.4 is 10.9 Å². The average Bonchev–Trinajstić information content (AvgIpc) is 3.39. The van der Waals surface area contributed by atoms with E-state index in [-0.39, 0.29) is 24.7 Å². The summed E-state index contributed by atoms with van der Waals surface area (Å²) in [6.45, 7) is 0. The number of hydrazine groups is 1. The lowest BCUT2D eigenvalue weighted by atomic mass is 10.1. The number of hydrogen-bond acceptors (Lipinski definition) is 4. The number of rotatable bonds is 6. The Bertz CT molecular complexity index is 1130. The number of nitrogens with zero attached hydrogens (tertiary/aromatic N) is 1. The largest absolute Gasteiger partial charge is 0.441 e. The van der Waals surface area contributed by atoms with Gasteiger partial charge in [-0.1, -0.05) is 48.5 Å². The van der Waals surface area contributed by atoms with E-state index in [1.54, 1.807) is 12.4 Å². The Kier molecular flexibility index (Phi) is 5.38. The maximum absolute atomic E-state index is 12.1. The Morgan fingerprint density at radius 3 is 2.59 bits per heavy atom. The summed E-state index contributed by atoms with van der Waals surface area (Å²) in [7, 11) is 0. The lowest BCUT2D eigenvalue weighted by Gasteiger charge is -2.06. The number of aromatic amines is 1. The van der Waals surface area contributed by atoms with Gasteiger partial charge in [0.15, 0.2) is 11.7 Å². The third-order valence-corrected chi connectivity index (χ3v) is 4.55. The Morgan fingerprint density at radius 1 is 0.966 bits per heavy atom. The number of carbonyl (C=O) groups excluding carboxylic acids is 2. The van der Waals surface area contributed by atoms with Crippen molar-refractivity contribution in [1.82, 2.24) is 20.8 Å². The molecule has 3 N–H and O–H groups in total. The van der Waals surface area contributed by atoms with Crippen molar-refractivity contribution in [2.75, 3.05) is 0 Å². The van der Waals surface area contributed by atoms with Gasteiger partial charge < -0.3 is 9.40 Å². The van der Waals surface area contributed by atoms with Crippen LogP contribution in [-0.4, -0.2) is 21.8 Å². The number of oxazole rings is 1. The molecular weight excluding hydrogens is 368 g/mol. The molecule has 2 amide bonds. The second kappa shape index (κ2) is 8.43. The highest BCUT2D eigenvalue weighted by Gasteiger charge is 2.11. The molecule has 7 nitrogen and oxygen atoms in total. The van der Waals surface area contributed by atoms with Gasteiger partial charge in [0.25, 0.3) is 0 Å². The smallest absolute Gasteiger partial charge is 0.242 e. The topological polar surface area (TPSA) is 100 Å². The Balaban J connectivity index is 1.24. The highest BCUT2D eigenvalue weighted by molar-refractivity contribution is 5.89. The first kappa shape index (κ1) is 18.5. The summed E-state index contributed by atoms with van der Waals surface area (Å²) in [4.78, 5) is 31.5. The molecule has 0 bridgehead atoms. The van der Waals surface area contributed by atoms with E-state index >= 15 is 0 Å². The van der Waals surface area contributed by atoms with Gasteiger partial charge in [-0.05, 0) is 11.6 Å². The highest BCUT2D eigenvalue weighted by atomic mass is 16.4. The molecule has 29 heavy (non-hydrogen) atoms. The number of carbonyl (C=O) groups is 2. The predicted molar refractivity (Wildman–Crippen MR) is 109 cm³/mol. The molecule has 0 atom stereocenters. The standard InChI is InChI=1S/C22H20N4O3/c27-20(10-11-22-24-14-19(29-22)15-6-2-1-3-7-15)25-26-21(28)12-16-13-23-18-9-5-4-8-17(16)18/h1-9,13-14,23H,10-12H2,(H,25,27)(H,26,28). The second-order valence-electron chi connectivity index (χ2n) is 6.62. The number of amides is 2. The fourth-order valence-corrected chi connectivity index (χ4v) is 3.08. The van der Waals surface area contributed by atoms with Crippen LogP contribution in [0.3, 0.4) is 0 Å². The number of aromatic nitrogens is 2. The maximum atomic E-state index is 12.1. The molecule has 0 unspecified atom stereocenters. The molecule has 0 spiro atoms. The summed E-state index contributed by atoms with van der Waals surface area (Å²) in [5.41, 5.74) is 7.66. The Labute approximate surface area is 167 Å². The maximum Gasteiger partial charge on any atom is 0.242 e. The summed E-state index contributed by atoms with van der Waals surface area (Å²) in [6, 6.07) is 17.4.